The van der Waals surface area contributed by atoms with Crippen LogP contribution in [0.5, 0.6) is 0 Å². The van der Waals surface area contributed by atoms with E-state index < -0.39 is 0 Å². The Bertz CT molecular complexity index is 148. The highest BCUT2D eigenvalue weighted by Gasteiger charge is 1.77. The largest absolute Gasteiger partial charge is 0.0478 e. The minimum atomic E-state index is 2.00. The molecule has 0 heteroatoms. The van der Waals surface area contributed by atoms with Crippen molar-refractivity contribution in [2.24, 2.45) is 0 Å². The molecule has 0 atom stereocenters. The molecule has 9 heavy (non-hydrogen) atoms. The maximum Gasteiger partial charge on any atom is 0.0466 e. The van der Waals surface area contributed by atoms with E-state index in [-0.39, 0.29) is 0 Å². The van der Waals surface area contributed by atoms with Crippen molar-refractivity contribution in [3.05, 3.63) is 55.0 Å². The minimum absolute atomic E-state index is 2.00. The molecule has 0 saturated carbocycles. The molecule has 0 saturated heterocycles. The average Bonchev–Trinajstić information content (AvgIpc) is 2.00. The molecule has 0 amide bonds. The highest BCUT2D eigenvalue weighted by Crippen LogP contribution is 1.90. The number of hydrogen-bond acceptors (Lipinski definition) is 0. The van der Waals surface area contributed by atoms with Crippen molar-refractivity contribution in [2.75, 3.05) is 0 Å². The lowest BCUT2D eigenvalue weighted by Gasteiger charge is -1.65. The molecule has 0 unspecified atom stereocenters. The van der Waals surface area contributed by atoms with Gasteiger partial charge in [0, 0.05) is 30.7 Å². The summed E-state index contributed by atoms with van der Waals surface area (Å²) in [5, 5.41) is 0. The lowest BCUT2D eigenvalue weighted by Crippen LogP contribution is -1.55. The van der Waals surface area contributed by atoms with E-state index in [1.54, 1.807) is 0 Å². The van der Waals surface area contributed by atoms with E-state index in [0.29, 0.717) is 0 Å². The maximum atomic E-state index is 2.00. The molecule has 0 N–H and O–H groups in total. The Labute approximate surface area is 55.9 Å². The van der Waals surface area contributed by atoms with Gasteiger partial charge in [0.1, 0.15) is 0 Å². The lowest BCUT2D eigenvalue weighted by atomic mass is 10.3. The Morgan fingerprint density at radius 1 is 0.556 bits per heavy atom. The predicted octanol–water partition coefficient (Wildman–Crippen LogP) is 2.43. The Morgan fingerprint density at radius 3 is 1.56 bits per heavy atom. The van der Waals surface area contributed by atoms with Crippen molar-refractivity contribution in [1.29, 1.82) is 0 Å². The van der Waals surface area contributed by atoms with Crippen molar-refractivity contribution in [1.82, 2.24) is 0 Å². The molecule has 0 aromatic rings. The summed E-state index contributed by atoms with van der Waals surface area (Å²) >= 11 is 0. The molecule has 0 radical (unpaired) electrons. The number of rotatable bonds is 0. The van der Waals surface area contributed by atoms with Crippen LogP contribution in [0.2, 0.25) is 0 Å². The van der Waals surface area contributed by atoms with E-state index in [2.05, 4.69) is 0 Å². The summed E-state index contributed by atoms with van der Waals surface area (Å²) in [5.41, 5.74) is 0. The number of hydrogen-bond donors (Lipinski definition) is 0. The zero-order valence-electron chi connectivity index (χ0n) is 5.20. The molecule has 0 aromatic heterocycles. The van der Waals surface area contributed by atoms with Gasteiger partial charge in [0.25, 0.3) is 0 Å². The second kappa shape index (κ2) is 3.79. The van der Waals surface area contributed by atoms with Crippen molar-refractivity contribution < 1.29 is 0 Å². The van der Waals surface area contributed by atoms with Gasteiger partial charge in [-0.1, -0.05) is 0 Å². The van der Waals surface area contributed by atoms with Gasteiger partial charge in [-0.25, -0.2) is 0 Å². The van der Waals surface area contributed by atoms with E-state index in [4.69, 9.17) is 0 Å². The van der Waals surface area contributed by atoms with E-state index in [0.717, 1.165) is 0 Å². The first-order valence-electron chi connectivity index (χ1n) is 3.00. The van der Waals surface area contributed by atoms with Crippen LogP contribution in [0, 0.1) is 6.42 Å². The van der Waals surface area contributed by atoms with Gasteiger partial charge in [0.15, 0.2) is 0 Å². The normalized spacial score (nSPS) is 30.2. The zero-order chi connectivity index (χ0) is 6.36. The van der Waals surface area contributed by atoms with Gasteiger partial charge in [-0.15, -0.1) is 0 Å². The molecule has 0 aromatic carbocycles. The van der Waals surface area contributed by atoms with Crippen molar-refractivity contribution in [2.45, 2.75) is 0 Å². The minimum Gasteiger partial charge on any atom is -0.0478 e. The third-order valence-electron chi connectivity index (χ3n) is 1.00. The summed E-state index contributed by atoms with van der Waals surface area (Å²) in [7, 11) is 0. The molecule has 0 fully saturated rings. The molecule has 0 spiro atoms. The highest BCUT2D eigenvalue weighted by molar-refractivity contribution is 5.23. The van der Waals surface area contributed by atoms with E-state index >= 15 is 0 Å². The average molecular weight is 117 g/mol. The van der Waals surface area contributed by atoms with Crippen LogP contribution < -0.4 is 0 Å². The Hall–Kier alpha value is -1.17. The molecule has 0 aliphatic heterocycles. The SMILES string of the molecule is C1=C\C=C/[CH+]/C=C\C=C/1. The summed E-state index contributed by atoms with van der Waals surface area (Å²) in [6.45, 7) is 0. The third-order valence-corrected chi connectivity index (χ3v) is 1.00. The first-order chi connectivity index (χ1) is 4.50. The molecule has 44 valence electrons. The molecule has 0 heterocycles. The molecular weight excluding hydrogens is 108 g/mol. The van der Waals surface area contributed by atoms with E-state index in [1.807, 2.05) is 55.0 Å². The fourth-order valence-corrected chi connectivity index (χ4v) is 0.577. The Balaban J connectivity index is 2.60. The zero-order valence-corrected chi connectivity index (χ0v) is 5.20. The van der Waals surface area contributed by atoms with Crippen LogP contribution >= 0.6 is 0 Å². The van der Waals surface area contributed by atoms with Gasteiger partial charge < -0.3 is 0 Å². The van der Waals surface area contributed by atoms with Crippen LogP contribution in [0.3, 0.4) is 0 Å². The smallest absolute Gasteiger partial charge is 0.0466 e. The van der Waals surface area contributed by atoms with Crippen LogP contribution in [-0.4, -0.2) is 0 Å². The molecule has 0 bridgehead atoms. The van der Waals surface area contributed by atoms with Crippen LogP contribution in [0.1, 0.15) is 0 Å². The number of allylic oxidation sites excluding steroid dienone is 8. The quantitative estimate of drug-likeness (QED) is 0.427. The van der Waals surface area contributed by atoms with Crippen LogP contribution in [0.15, 0.2) is 48.6 Å². The van der Waals surface area contributed by atoms with Gasteiger partial charge in [-0.2, -0.15) is 0 Å². The third kappa shape index (κ3) is 2.60. The molecule has 1 rings (SSSR count). The monoisotopic (exact) mass is 117 g/mol. The van der Waals surface area contributed by atoms with E-state index in [9.17, 15) is 0 Å². The van der Waals surface area contributed by atoms with Crippen LogP contribution in [-0.2, 0) is 0 Å². The molecule has 1 aliphatic rings. The van der Waals surface area contributed by atoms with Crippen LogP contribution in [0.25, 0.3) is 0 Å². The summed E-state index contributed by atoms with van der Waals surface area (Å²) in [4.78, 5) is 0. The maximum absolute atomic E-state index is 2.00. The fourth-order valence-electron chi connectivity index (χ4n) is 0.577. The second-order valence-corrected chi connectivity index (χ2v) is 1.73. The van der Waals surface area contributed by atoms with Gasteiger partial charge in [0.05, 0.1) is 0 Å². The lowest BCUT2D eigenvalue weighted by molar-refractivity contribution is 1.74. The molecular formula is C9H9+. The Morgan fingerprint density at radius 2 is 1.00 bits per heavy atom. The summed E-state index contributed by atoms with van der Waals surface area (Å²) in [6, 6.07) is 0. The summed E-state index contributed by atoms with van der Waals surface area (Å²) in [6.07, 6.45) is 18.0. The van der Waals surface area contributed by atoms with Crippen LogP contribution in [0.4, 0.5) is 0 Å². The van der Waals surface area contributed by atoms with Gasteiger partial charge in [-0.3, -0.25) is 0 Å². The van der Waals surface area contributed by atoms with Crippen molar-refractivity contribution >= 4 is 0 Å². The second-order valence-electron chi connectivity index (χ2n) is 1.73. The van der Waals surface area contributed by atoms with E-state index in [1.165, 1.54) is 0 Å². The Kier molecular flexibility index (Phi) is 2.51. The van der Waals surface area contributed by atoms with Crippen molar-refractivity contribution in [3.63, 3.8) is 0 Å². The van der Waals surface area contributed by atoms with Gasteiger partial charge >= 0.3 is 0 Å². The summed E-state index contributed by atoms with van der Waals surface area (Å²) in [5.74, 6) is 0. The predicted molar refractivity (Wildman–Crippen MR) is 40.9 cm³/mol. The molecule has 0 nitrogen and oxygen atoms in total. The molecule has 1 aliphatic carbocycles. The van der Waals surface area contributed by atoms with Gasteiger partial charge in [0.2, 0.25) is 0 Å². The first-order valence-corrected chi connectivity index (χ1v) is 3.00. The summed E-state index contributed by atoms with van der Waals surface area (Å²) < 4.78 is 0. The first kappa shape index (κ1) is 5.96. The topological polar surface area (TPSA) is 0 Å². The standard InChI is InChI=1S/C9H9/c1-2-4-6-8-9-7-5-3-1/h1-9H/q+1/b2-1-,5-3-,6-4-,9-7-. The fraction of sp³-hybridized carbons (Fsp3) is 0. The van der Waals surface area contributed by atoms with Crippen molar-refractivity contribution in [3.8, 4) is 0 Å². The van der Waals surface area contributed by atoms with Gasteiger partial charge in [-0.05, 0) is 24.3 Å². The highest BCUT2D eigenvalue weighted by atomic mass is 13.8.